The molecule has 0 saturated carbocycles. The summed E-state index contributed by atoms with van der Waals surface area (Å²) in [5.74, 6) is -1.93. The summed E-state index contributed by atoms with van der Waals surface area (Å²) in [7, 11) is -4.12. The fourth-order valence-electron chi connectivity index (χ4n) is 2.49. The molecule has 26 heavy (non-hydrogen) atoms. The van der Waals surface area contributed by atoms with Gasteiger partial charge in [0.15, 0.2) is 11.6 Å². The lowest BCUT2D eigenvalue weighted by Gasteiger charge is -2.22. The standard InChI is InChI=1S/C18H18O7S/c1-3-4-6-12-11(2)17(20)16-14(25-9-5-10-26(22,23)24)8-7-13(19)15(16)18(12)21/h3-4,6-8,19H,2,5,9-10H2,1H3,(H,22,23,24)/b4-3-,12-6+. The van der Waals surface area contributed by atoms with Crippen LogP contribution in [0.2, 0.25) is 0 Å². The molecule has 1 aromatic rings. The van der Waals surface area contributed by atoms with Crippen LogP contribution in [-0.4, -0.2) is 42.0 Å². The molecule has 1 aliphatic carbocycles. The Bertz CT molecular complexity index is 937. The van der Waals surface area contributed by atoms with Crippen molar-refractivity contribution in [2.45, 2.75) is 13.3 Å². The number of benzene rings is 1. The molecule has 138 valence electrons. The first-order chi connectivity index (χ1) is 12.2. The zero-order valence-corrected chi connectivity index (χ0v) is 14.9. The molecule has 0 aliphatic heterocycles. The molecule has 0 amide bonds. The van der Waals surface area contributed by atoms with Gasteiger partial charge in [-0.15, -0.1) is 0 Å². The first kappa shape index (κ1) is 19.6. The zero-order valence-electron chi connectivity index (χ0n) is 14.1. The Kier molecular flexibility index (Phi) is 5.79. The number of carbonyl (C=O) groups is 2. The van der Waals surface area contributed by atoms with Gasteiger partial charge in [-0.05, 0) is 25.5 Å². The highest BCUT2D eigenvalue weighted by Crippen LogP contribution is 2.39. The van der Waals surface area contributed by atoms with Crippen LogP contribution in [0.15, 0.2) is 48.1 Å². The van der Waals surface area contributed by atoms with E-state index in [1.165, 1.54) is 18.2 Å². The van der Waals surface area contributed by atoms with Gasteiger partial charge in [0.25, 0.3) is 10.1 Å². The molecule has 0 radical (unpaired) electrons. The summed E-state index contributed by atoms with van der Waals surface area (Å²) < 4.78 is 35.6. The smallest absolute Gasteiger partial charge is 0.264 e. The summed E-state index contributed by atoms with van der Waals surface area (Å²) >= 11 is 0. The summed E-state index contributed by atoms with van der Waals surface area (Å²) in [5.41, 5.74) is -0.219. The van der Waals surface area contributed by atoms with Crippen molar-refractivity contribution >= 4 is 21.7 Å². The minimum Gasteiger partial charge on any atom is -0.507 e. The molecule has 0 heterocycles. The van der Waals surface area contributed by atoms with E-state index >= 15 is 0 Å². The average Bonchev–Trinajstić information content (AvgIpc) is 2.56. The largest absolute Gasteiger partial charge is 0.507 e. The number of fused-ring (bicyclic) bond motifs is 1. The number of ether oxygens (including phenoxy) is 1. The molecule has 2 rings (SSSR count). The van der Waals surface area contributed by atoms with Crippen molar-refractivity contribution in [3.63, 3.8) is 0 Å². The van der Waals surface area contributed by atoms with Crippen LogP contribution in [0, 0.1) is 0 Å². The van der Waals surface area contributed by atoms with E-state index in [-0.39, 0.29) is 46.8 Å². The Morgan fingerprint density at radius 2 is 1.88 bits per heavy atom. The Morgan fingerprint density at radius 1 is 1.19 bits per heavy atom. The zero-order chi connectivity index (χ0) is 19.5. The molecule has 0 atom stereocenters. The SMILES string of the molecule is C=C1C(=O)c2c(OCCCS(=O)(=O)O)ccc(O)c2C(=O)/C1=C/C=C\C. The normalized spacial score (nSPS) is 16.4. The topological polar surface area (TPSA) is 118 Å². The molecule has 1 aromatic carbocycles. The summed E-state index contributed by atoms with van der Waals surface area (Å²) in [4.78, 5) is 25.3. The van der Waals surface area contributed by atoms with Crippen LogP contribution in [0.25, 0.3) is 0 Å². The van der Waals surface area contributed by atoms with E-state index in [2.05, 4.69) is 6.58 Å². The van der Waals surface area contributed by atoms with Crippen LogP contribution < -0.4 is 4.74 Å². The number of Topliss-reactive ketones (excluding diaryl/α,β-unsaturated/α-hetero) is 2. The molecule has 8 heteroatoms. The predicted molar refractivity (Wildman–Crippen MR) is 95.3 cm³/mol. The summed E-state index contributed by atoms with van der Waals surface area (Å²) in [6.45, 7) is 5.30. The van der Waals surface area contributed by atoms with Gasteiger partial charge in [-0.2, -0.15) is 8.42 Å². The van der Waals surface area contributed by atoms with Gasteiger partial charge >= 0.3 is 0 Å². The van der Waals surface area contributed by atoms with E-state index in [1.807, 2.05) is 0 Å². The summed E-state index contributed by atoms with van der Waals surface area (Å²) in [6.07, 6.45) is 4.71. The van der Waals surface area contributed by atoms with Crippen molar-refractivity contribution < 1.29 is 32.4 Å². The number of hydrogen-bond donors (Lipinski definition) is 2. The van der Waals surface area contributed by atoms with Crippen molar-refractivity contribution in [3.05, 3.63) is 59.2 Å². The lowest BCUT2D eigenvalue weighted by atomic mass is 9.81. The third-order valence-corrected chi connectivity index (χ3v) is 4.51. The van der Waals surface area contributed by atoms with E-state index in [4.69, 9.17) is 9.29 Å². The number of carbonyl (C=O) groups excluding carboxylic acids is 2. The van der Waals surface area contributed by atoms with Gasteiger partial charge in [-0.3, -0.25) is 14.1 Å². The molecule has 0 spiro atoms. The summed E-state index contributed by atoms with van der Waals surface area (Å²) in [5, 5.41) is 10.1. The van der Waals surface area contributed by atoms with E-state index in [0.717, 1.165) is 0 Å². The van der Waals surface area contributed by atoms with Crippen molar-refractivity contribution in [1.82, 2.24) is 0 Å². The predicted octanol–water partition coefficient (Wildman–Crippen LogP) is 2.49. The van der Waals surface area contributed by atoms with Gasteiger partial charge in [0.1, 0.15) is 11.5 Å². The Hall–Kier alpha value is -2.71. The second kappa shape index (κ2) is 7.67. The first-order valence-corrected chi connectivity index (χ1v) is 9.34. The van der Waals surface area contributed by atoms with Gasteiger partial charge in [-0.1, -0.05) is 24.8 Å². The highest BCUT2D eigenvalue weighted by Gasteiger charge is 2.36. The van der Waals surface area contributed by atoms with Crippen LogP contribution in [0.4, 0.5) is 0 Å². The number of phenolic OH excluding ortho intramolecular Hbond substituents is 1. The van der Waals surface area contributed by atoms with E-state index in [0.29, 0.717) is 0 Å². The lowest BCUT2D eigenvalue weighted by molar-refractivity contribution is 0.0967. The fraction of sp³-hybridized carbons (Fsp3) is 0.222. The number of aromatic hydroxyl groups is 1. The quantitative estimate of drug-likeness (QED) is 0.443. The summed E-state index contributed by atoms with van der Waals surface area (Å²) in [6, 6.07) is 2.55. The maximum Gasteiger partial charge on any atom is 0.264 e. The molecule has 0 fully saturated rings. The average molecular weight is 378 g/mol. The second-order valence-corrected chi connectivity index (χ2v) is 7.14. The van der Waals surface area contributed by atoms with Crippen molar-refractivity contribution in [2.75, 3.05) is 12.4 Å². The van der Waals surface area contributed by atoms with Crippen LogP contribution in [0.1, 0.15) is 34.1 Å². The van der Waals surface area contributed by atoms with E-state index < -0.39 is 27.4 Å². The van der Waals surface area contributed by atoms with E-state index in [9.17, 15) is 23.1 Å². The minimum atomic E-state index is -4.12. The second-order valence-electron chi connectivity index (χ2n) is 5.56. The van der Waals surface area contributed by atoms with Gasteiger partial charge in [0.2, 0.25) is 0 Å². The van der Waals surface area contributed by atoms with Crippen LogP contribution in [0.5, 0.6) is 11.5 Å². The van der Waals surface area contributed by atoms with Gasteiger partial charge < -0.3 is 9.84 Å². The van der Waals surface area contributed by atoms with Crippen LogP contribution >= 0.6 is 0 Å². The lowest BCUT2D eigenvalue weighted by Crippen LogP contribution is -2.23. The van der Waals surface area contributed by atoms with Crippen LogP contribution in [0.3, 0.4) is 0 Å². The third-order valence-electron chi connectivity index (χ3n) is 3.70. The molecule has 0 saturated heterocycles. The van der Waals surface area contributed by atoms with Crippen molar-refractivity contribution in [1.29, 1.82) is 0 Å². The molecule has 0 bridgehead atoms. The van der Waals surface area contributed by atoms with Gasteiger partial charge in [0, 0.05) is 11.1 Å². The molecule has 0 unspecified atom stereocenters. The Balaban J connectivity index is 2.40. The number of ketones is 2. The number of rotatable bonds is 6. The maximum absolute atomic E-state index is 12.7. The van der Waals surface area contributed by atoms with Crippen molar-refractivity contribution in [3.8, 4) is 11.5 Å². The number of hydrogen-bond acceptors (Lipinski definition) is 6. The molecule has 1 aliphatic rings. The Labute approximate surface area is 151 Å². The number of allylic oxidation sites excluding steroid dienone is 5. The highest BCUT2D eigenvalue weighted by molar-refractivity contribution is 7.85. The van der Waals surface area contributed by atoms with Crippen LogP contribution in [-0.2, 0) is 10.1 Å². The number of phenols is 1. The van der Waals surface area contributed by atoms with Gasteiger partial charge in [-0.25, -0.2) is 0 Å². The molecular weight excluding hydrogens is 360 g/mol. The first-order valence-electron chi connectivity index (χ1n) is 7.73. The molecule has 7 nitrogen and oxygen atoms in total. The maximum atomic E-state index is 12.7. The monoisotopic (exact) mass is 378 g/mol. The molecule has 0 aromatic heterocycles. The minimum absolute atomic E-state index is 0.00991. The fourth-order valence-corrected chi connectivity index (χ4v) is 2.97. The molecular formula is C18H18O7S. The highest BCUT2D eigenvalue weighted by atomic mass is 32.2. The molecule has 2 N–H and O–H groups in total. The van der Waals surface area contributed by atoms with Gasteiger partial charge in [0.05, 0.1) is 23.5 Å². The Morgan fingerprint density at radius 3 is 2.50 bits per heavy atom. The van der Waals surface area contributed by atoms with E-state index in [1.54, 1.807) is 19.1 Å². The third kappa shape index (κ3) is 4.09. The van der Waals surface area contributed by atoms with Crippen molar-refractivity contribution in [2.24, 2.45) is 0 Å².